The summed E-state index contributed by atoms with van der Waals surface area (Å²) in [5.74, 6) is 0. The van der Waals surface area contributed by atoms with Crippen LogP contribution in [0.1, 0.15) is 5.56 Å². The maximum atomic E-state index is 3.44. The molecule has 41 valence electrons. The number of rotatable bonds is 0. The van der Waals surface area contributed by atoms with Gasteiger partial charge in [-0.25, -0.2) is 0 Å². The Bertz CT molecular complexity index is 160. The van der Waals surface area contributed by atoms with Gasteiger partial charge in [0.05, 0.1) is 0 Å². The number of benzene rings is 1. The topological polar surface area (TPSA) is 0 Å². The van der Waals surface area contributed by atoms with Crippen molar-refractivity contribution in [1.29, 1.82) is 0 Å². The molecule has 0 aliphatic carbocycles. The van der Waals surface area contributed by atoms with Crippen molar-refractivity contribution in [2.45, 2.75) is 6.92 Å². The van der Waals surface area contributed by atoms with Crippen LogP contribution in [0.4, 0.5) is 0 Å². The third-order valence-electron chi connectivity index (χ3n) is 1.15. The predicted octanol–water partition coefficient (Wildman–Crippen LogP) is 1.76. The van der Waals surface area contributed by atoms with Gasteiger partial charge in [-0.15, -0.1) is 0 Å². The summed E-state index contributed by atoms with van der Waals surface area (Å²) in [7, 11) is 3.44. The maximum absolute atomic E-state index is 3.44. The van der Waals surface area contributed by atoms with E-state index in [0.717, 1.165) is 0 Å². The second-order valence-electron chi connectivity index (χ2n) is 1.81. The Kier molecular flexibility index (Phi) is 1.65. The van der Waals surface area contributed by atoms with Crippen molar-refractivity contribution in [2.75, 3.05) is 0 Å². The van der Waals surface area contributed by atoms with Gasteiger partial charge in [0.15, 0.2) is 0 Å². The van der Waals surface area contributed by atoms with Gasteiger partial charge in [0.2, 0.25) is 0 Å². The SMILES string of the molecule is Cc1ccccc1[PH]. The van der Waals surface area contributed by atoms with Crippen LogP contribution in [0.2, 0.25) is 0 Å². The van der Waals surface area contributed by atoms with Crippen molar-refractivity contribution in [3.8, 4) is 0 Å². The Hall–Kier alpha value is -0.350. The second-order valence-corrected chi connectivity index (χ2v) is 2.35. The lowest BCUT2D eigenvalue weighted by Crippen LogP contribution is -1.92. The van der Waals surface area contributed by atoms with Gasteiger partial charge in [0.25, 0.3) is 0 Å². The highest BCUT2D eigenvalue weighted by atomic mass is 31.0. The van der Waals surface area contributed by atoms with Crippen LogP contribution in [0.5, 0.6) is 0 Å². The van der Waals surface area contributed by atoms with Crippen LogP contribution >= 0.6 is 9.24 Å². The molecular weight excluding hydrogens is 115 g/mol. The molecule has 0 fully saturated rings. The van der Waals surface area contributed by atoms with Crippen molar-refractivity contribution in [2.24, 2.45) is 0 Å². The minimum Gasteiger partial charge on any atom is -0.0631 e. The predicted molar refractivity (Wildman–Crippen MR) is 39.1 cm³/mol. The average Bonchev–Trinajstić information content (AvgIpc) is 1.77. The van der Waals surface area contributed by atoms with Gasteiger partial charge >= 0.3 is 0 Å². The highest BCUT2D eigenvalue weighted by Gasteiger charge is 1.84. The zero-order chi connectivity index (χ0) is 5.98. The van der Waals surface area contributed by atoms with Crippen molar-refractivity contribution in [3.05, 3.63) is 29.8 Å². The fourth-order valence-electron chi connectivity index (χ4n) is 0.573. The maximum Gasteiger partial charge on any atom is -0.0198 e. The van der Waals surface area contributed by atoms with E-state index in [0.29, 0.717) is 0 Å². The van der Waals surface area contributed by atoms with Crippen molar-refractivity contribution < 1.29 is 0 Å². The minimum atomic E-state index is 1.17. The molecule has 1 rings (SSSR count). The van der Waals surface area contributed by atoms with Crippen molar-refractivity contribution >= 4 is 14.5 Å². The Morgan fingerprint density at radius 1 is 1.25 bits per heavy atom. The van der Waals surface area contributed by atoms with Crippen LogP contribution < -0.4 is 5.30 Å². The van der Waals surface area contributed by atoms with Gasteiger partial charge in [-0.05, 0) is 17.8 Å². The van der Waals surface area contributed by atoms with E-state index in [9.17, 15) is 0 Å². The van der Waals surface area contributed by atoms with Gasteiger partial charge < -0.3 is 0 Å². The third-order valence-corrected chi connectivity index (χ3v) is 1.71. The highest BCUT2D eigenvalue weighted by molar-refractivity contribution is 7.27. The Morgan fingerprint density at radius 3 is 2.25 bits per heavy atom. The summed E-state index contributed by atoms with van der Waals surface area (Å²) in [6, 6.07) is 8.14. The first-order valence-corrected chi connectivity index (χ1v) is 3.08. The molecule has 0 N–H and O–H groups in total. The molecule has 0 aliphatic heterocycles. The van der Waals surface area contributed by atoms with E-state index < -0.39 is 0 Å². The molecule has 1 heteroatoms. The van der Waals surface area contributed by atoms with Crippen LogP contribution in [0.25, 0.3) is 0 Å². The first-order valence-electron chi connectivity index (χ1n) is 2.58. The van der Waals surface area contributed by atoms with E-state index in [1.807, 2.05) is 18.2 Å². The summed E-state index contributed by atoms with van der Waals surface area (Å²) >= 11 is 0. The molecule has 0 saturated carbocycles. The Balaban J connectivity index is 3.13. The largest absolute Gasteiger partial charge is 0.0631 e. The summed E-state index contributed by atoms with van der Waals surface area (Å²) in [5, 5.41) is 1.17. The molecule has 0 heterocycles. The lowest BCUT2D eigenvalue weighted by Gasteiger charge is -1.92. The Morgan fingerprint density at radius 2 is 1.88 bits per heavy atom. The molecule has 0 unspecified atom stereocenters. The first-order chi connectivity index (χ1) is 3.80. The number of aryl methyl sites for hydroxylation is 1. The molecule has 0 nitrogen and oxygen atoms in total. The summed E-state index contributed by atoms with van der Waals surface area (Å²) in [4.78, 5) is 0. The van der Waals surface area contributed by atoms with Crippen molar-refractivity contribution in [3.63, 3.8) is 0 Å². The zero-order valence-electron chi connectivity index (χ0n) is 4.81. The standard InChI is InChI=1S/C7H8P/c1-6-4-2-3-5-7(6)8/h2-5,8H,1H3. The first kappa shape index (κ1) is 5.78. The summed E-state index contributed by atoms with van der Waals surface area (Å²) < 4.78 is 0. The lowest BCUT2D eigenvalue weighted by molar-refractivity contribution is 1.52. The molecular formula is C7H8P. The van der Waals surface area contributed by atoms with Gasteiger partial charge in [0.1, 0.15) is 0 Å². The molecule has 8 heavy (non-hydrogen) atoms. The normalized spacial score (nSPS) is 9.25. The third kappa shape index (κ3) is 1.08. The van der Waals surface area contributed by atoms with Crippen molar-refractivity contribution in [1.82, 2.24) is 0 Å². The van der Waals surface area contributed by atoms with E-state index in [4.69, 9.17) is 0 Å². The van der Waals surface area contributed by atoms with Gasteiger partial charge in [-0.3, -0.25) is 0 Å². The zero-order valence-corrected chi connectivity index (χ0v) is 5.81. The number of hydrogen-bond acceptors (Lipinski definition) is 0. The van der Waals surface area contributed by atoms with Gasteiger partial charge in [-0.2, -0.15) is 0 Å². The summed E-state index contributed by atoms with van der Waals surface area (Å²) in [5.41, 5.74) is 1.28. The fourth-order valence-corrected chi connectivity index (χ4v) is 0.752. The van der Waals surface area contributed by atoms with E-state index in [1.54, 1.807) is 0 Å². The molecule has 1 aromatic carbocycles. The van der Waals surface area contributed by atoms with Crippen LogP contribution in [-0.4, -0.2) is 0 Å². The molecule has 1 aromatic rings. The fraction of sp³-hybridized carbons (Fsp3) is 0.143. The molecule has 0 saturated heterocycles. The molecule has 0 spiro atoms. The number of hydrogen-bond donors (Lipinski definition) is 0. The summed E-state index contributed by atoms with van der Waals surface area (Å²) in [6.45, 7) is 2.07. The molecule has 0 bridgehead atoms. The van der Waals surface area contributed by atoms with Gasteiger partial charge in [0, 0.05) is 0 Å². The summed E-state index contributed by atoms with van der Waals surface area (Å²) in [6.07, 6.45) is 0. The van der Waals surface area contributed by atoms with Crippen LogP contribution in [-0.2, 0) is 0 Å². The van der Waals surface area contributed by atoms with E-state index in [1.165, 1.54) is 10.9 Å². The molecule has 0 aliphatic rings. The molecule has 0 aromatic heterocycles. The minimum absolute atomic E-state index is 1.17. The monoisotopic (exact) mass is 123 g/mol. The Labute approximate surface area is 52.1 Å². The van der Waals surface area contributed by atoms with E-state index in [2.05, 4.69) is 22.2 Å². The van der Waals surface area contributed by atoms with Gasteiger partial charge in [-0.1, -0.05) is 33.5 Å². The highest BCUT2D eigenvalue weighted by Crippen LogP contribution is 1.96. The smallest absolute Gasteiger partial charge is 0.0198 e. The van der Waals surface area contributed by atoms with E-state index >= 15 is 0 Å². The average molecular weight is 123 g/mol. The van der Waals surface area contributed by atoms with Crippen LogP contribution in [0.15, 0.2) is 24.3 Å². The van der Waals surface area contributed by atoms with Crippen LogP contribution in [0, 0.1) is 6.92 Å². The molecule has 0 amide bonds. The second kappa shape index (κ2) is 2.28. The quantitative estimate of drug-likeness (QED) is 0.461. The molecule has 1 radical (unpaired) electrons. The van der Waals surface area contributed by atoms with E-state index in [-0.39, 0.29) is 0 Å². The van der Waals surface area contributed by atoms with Crippen LogP contribution in [0.3, 0.4) is 0 Å². The molecule has 0 atom stereocenters. The lowest BCUT2D eigenvalue weighted by atomic mass is 10.2.